The molecule has 1 aromatic rings. The van der Waals surface area contributed by atoms with Gasteiger partial charge in [0.05, 0.1) is 21.3 Å². The minimum Gasteiger partial charge on any atom is -0.349 e. The summed E-state index contributed by atoms with van der Waals surface area (Å²) >= 11 is 12.1. The molecule has 0 aromatic heterocycles. The Morgan fingerprint density at radius 3 is 2.94 bits per heavy atom. The summed E-state index contributed by atoms with van der Waals surface area (Å²) in [5, 5.41) is 7.06. The van der Waals surface area contributed by atoms with Crippen molar-refractivity contribution in [3.8, 4) is 0 Å². The average Bonchev–Trinajstić information content (AvgIpc) is 2.58. The minimum absolute atomic E-state index is 0.0391. The number of amides is 1. The van der Waals surface area contributed by atoms with Gasteiger partial charge in [-0.2, -0.15) is 0 Å². The zero-order valence-corrected chi connectivity index (χ0v) is 11.2. The second-order valence-corrected chi connectivity index (χ2v) is 5.26. The molecule has 2 heterocycles. The summed E-state index contributed by atoms with van der Waals surface area (Å²) in [6.07, 6.45) is 0.919. The van der Waals surface area contributed by atoms with Crippen LogP contribution in [0, 0.1) is 0 Å². The molecular weight excluding hydrogens is 273 g/mol. The minimum atomic E-state index is -0.138. The molecule has 1 fully saturated rings. The lowest BCUT2D eigenvalue weighted by Crippen LogP contribution is -2.53. The van der Waals surface area contributed by atoms with Crippen molar-refractivity contribution in [2.75, 3.05) is 24.5 Å². The summed E-state index contributed by atoms with van der Waals surface area (Å²) in [5.41, 5.74) is 1.36. The molecule has 2 aliphatic rings. The van der Waals surface area contributed by atoms with Crippen LogP contribution in [0.15, 0.2) is 12.1 Å². The Hall–Kier alpha value is -0.970. The van der Waals surface area contributed by atoms with E-state index in [0.29, 0.717) is 15.6 Å². The van der Waals surface area contributed by atoms with Crippen LogP contribution in [0.5, 0.6) is 0 Å². The fourth-order valence-electron chi connectivity index (χ4n) is 2.53. The van der Waals surface area contributed by atoms with Crippen molar-refractivity contribution in [3.63, 3.8) is 0 Å². The van der Waals surface area contributed by atoms with Crippen molar-refractivity contribution in [1.82, 2.24) is 10.6 Å². The number of hydrogen-bond acceptors (Lipinski definition) is 3. The summed E-state index contributed by atoms with van der Waals surface area (Å²) in [4.78, 5) is 14.3. The average molecular weight is 286 g/mol. The van der Waals surface area contributed by atoms with E-state index in [1.54, 1.807) is 6.07 Å². The molecule has 4 nitrogen and oxygen atoms in total. The molecule has 1 amide bonds. The molecule has 0 radical (unpaired) electrons. The molecule has 1 aromatic carbocycles. The number of carbonyl (C=O) groups excluding carboxylic acids is 1. The third-order valence-corrected chi connectivity index (χ3v) is 4.21. The maximum Gasteiger partial charge on any atom is 0.256 e. The highest BCUT2D eigenvalue weighted by Gasteiger charge is 2.33. The van der Waals surface area contributed by atoms with Gasteiger partial charge in [-0.25, -0.2) is 0 Å². The van der Waals surface area contributed by atoms with Crippen molar-refractivity contribution >= 4 is 34.8 Å². The number of benzene rings is 1. The van der Waals surface area contributed by atoms with Gasteiger partial charge in [0.15, 0.2) is 0 Å². The van der Waals surface area contributed by atoms with Gasteiger partial charge in [0.1, 0.15) is 6.17 Å². The number of nitrogens with zero attached hydrogens (tertiary/aromatic N) is 1. The van der Waals surface area contributed by atoms with Crippen LogP contribution in [0.1, 0.15) is 16.8 Å². The molecule has 2 aliphatic heterocycles. The second kappa shape index (κ2) is 4.61. The highest BCUT2D eigenvalue weighted by atomic mass is 35.5. The van der Waals surface area contributed by atoms with E-state index in [4.69, 9.17) is 23.2 Å². The highest BCUT2D eigenvalue weighted by Crippen LogP contribution is 2.36. The molecule has 96 valence electrons. The van der Waals surface area contributed by atoms with E-state index in [9.17, 15) is 4.79 Å². The van der Waals surface area contributed by atoms with Gasteiger partial charge in [-0.1, -0.05) is 23.2 Å². The van der Waals surface area contributed by atoms with E-state index in [1.807, 2.05) is 6.07 Å². The molecule has 2 N–H and O–H groups in total. The quantitative estimate of drug-likeness (QED) is 0.765. The SMILES string of the molecule is O=C1N[C@H]2CCNCCN2c2ccc(Cl)c(Cl)c21. The smallest absolute Gasteiger partial charge is 0.256 e. The van der Waals surface area contributed by atoms with E-state index >= 15 is 0 Å². The third-order valence-electron chi connectivity index (χ3n) is 3.41. The topological polar surface area (TPSA) is 44.4 Å². The van der Waals surface area contributed by atoms with Gasteiger partial charge in [0.2, 0.25) is 0 Å². The standard InChI is InChI=1S/C12H13Cl2N3O/c13-7-1-2-8-10(11(7)14)12(18)16-9-3-4-15-5-6-17(8)9/h1-2,9,15H,3-6H2,(H,16,18)/t9-/m1/s1. The Morgan fingerprint density at radius 1 is 1.28 bits per heavy atom. The number of rotatable bonds is 0. The number of anilines is 1. The van der Waals surface area contributed by atoms with Crippen LogP contribution in [-0.4, -0.2) is 31.7 Å². The van der Waals surface area contributed by atoms with Crippen molar-refractivity contribution < 1.29 is 4.79 Å². The predicted molar refractivity (Wildman–Crippen MR) is 72.5 cm³/mol. The zero-order chi connectivity index (χ0) is 12.7. The largest absolute Gasteiger partial charge is 0.349 e. The maximum atomic E-state index is 12.1. The fourth-order valence-corrected chi connectivity index (χ4v) is 2.94. The second-order valence-electron chi connectivity index (χ2n) is 4.48. The van der Waals surface area contributed by atoms with Gasteiger partial charge in [0.25, 0.3) is 5.91 Å². The van der Waals surface area contributed by atoms with Gasteiger partial charge < -0.3 is 15.5 Å². The van der Waals surface area contributed by atoms with Crippen molar-refractivity contribution in [1.29, 1.82) is 0 Å². The molecule has 0 aliphatic carbocycles. The van der Waals surface area contributed by atoms with Gasteiger partial charge in [-0.05, 0) is 25.1 Å². The molecular formula is C12H13Cl2N3O. The van der Waals surface area contributed by atoms with Crippen LogP contribution in [0.3, 0.4) is 0 Å². The lowest BCUT2D eigenvalue weighted by atomic mass is 10.1. The predicted octanol–water partition coefficient (Wildman–Crippen LogP) is 1.86. The summed E-state index contributed by atoms with van der Waals surface area (Å²) in [6, 6.07) is 3.62. The van der Waals surface area contributed by atoms with Crippen LogP contribution in [0.25, 0.3) is 0 Å². The monoisotopic (exact) mass is 285 g/mol. The van der Waals surface area contributed by atoms with E-state index in [2.05, 4.69) is 15.5 Å². The first kappa shape index (κ1) is 12.1. The van der Waals surface area contributed by atoms with Gasteiger partial charge in [-0.3, -0.25) is 4.79 Å². The van der Waals surface area contributed by atoms with Crippen LogP contribution in [0.2, 0.25) is 10.0 Å². The van der Waals surface area contributed by atoms with Crippen LogP contribution in [0.4, 0.5) is 5.69 Å². The first-order chi connectivity index (χ1) is 8.68. The molecule has 18 heavy (non-hydrogen) atoms. The molecule has 1 saturated heterocycles. The lowest BCUT2D eigenvalue weighted by molar-refractivity contribution is 0.0926. The molecule has 0 bridgehead atoms. The Morgan fingerprint density at radius 2 is 2.11 bits per heavy atom. The Labute approximate surface area is 115 Å². The van der Waals surface area contributed by atoms with Crippen molar-refractivity contribution in [3.05, 3.63) is 27.7 Å². The van der Waals surface area contributed by atoms with Gasteiger partial charge in [-0.15, -0.1) is 0 Å². The van der Waals surface area contributed by atoms with Crippen molar-refractivity contribution in [2.24, 2.45) is 0 Å². The lowest BCUT2D eigenvalue weighted by Gasteiger charge is -2.38. The molecule has 1 atom stereocenters. The Balaban J connectivity index is 2.11. The van der Waals surface area contributed by atoms with E-state index in [0.717, 1.165) is 31.7 Å². The van der Waals surface area contributed by atoms with Gasteiger partial charge in [0, 0.05) is 13.1 Å². The first-order valence-corrected chi connectivity index (χ1v) is 6.70. The van der Waals surface area contributed by atoms with Crippen LogP contribution in [-0.2, 0) is 0 Å². The summed E-state index contributed by atoms with van der Waals surface area (Å²) in [7, 11) is 0. The number of fused-ring (bicyclic) bond motifs is 3. The Bertz CT molecular complexity index is 506. The maximum absolute atomic E-state index is 12.1. The summed E-state index contributed by atoms with van der Waals surface area (Å²) in [6.45, 7) is 2.64. The van der Waals surface area contributed by atoms with E-state index in [1.165, 1.54) is 0 Å². The van der Waals surface area contributed by atoms with Gasteiger partial charge >= 0.3 is 0 Å². The van der Waals surface area contributed by atoms with Crippen LogP contribution >= 0.6 is 23.2 Å². The number of hydrogen-bond donors (Lipinski definition) is 2. The fraction of sp³-hybridized carbons (Fsp3) is 0.417. The molecule has 3 rings (SSSR count). The van der Waals surface area contributed by atoms with Crippen LogP contribution < -0.4 is 15.5 Å². The molecule has 0 saturated carbocycles. The van der Waals surface area contributed by atoms with E-state index in [-0.39, 0.29) is 12.1 Å². The third kappa shape index (κ3) is 1.85. The van der Waals surface area contributed by atoms with E-state index < -0.39 is 0 Å². The Kier molecular flexibility index (Phi) is 3.09. The number of carbonyl (C=O) groups is 1. The summed E-state index contributed by atoms with van der Waals surface area (Å²) < 4.78 is 0. The zero-order valence-electron chi connectivity index (χ0n) is 9.67. The molecule has 6 heteroatoms. The van der Waals surface area contributed by atoms with Crippen molar-refractivity contribution in [2.45, 2.75) is 12.6 Å². The molecule has 0 spiro atoms. The highest BCUT2D eigenvalue weighted by molar-refractivity contribution is 6.44. The first-order valence-electron chi connectivity index (χ1n) is 5.94. The number of nitrogens with one attached hydrogen (secondary N) is 2. The normalized spacial score (nSPS) is 22.9. The summed E-state index contributed by atoms with van der Waals surface area (Å²) in [5.74, 6) is -0.138. The number of halogens is 2. The molecule has 0 unspecified atom stereocenters.